The van der Waals surface area contributed by atoms with Crippen molar-refractivity contribution in [2.45, 2.75) is 6.10 Å². The number of rotatable bonds is 5. The summed E-state index contributed by atoms with van der Waals surface area (Å²) in [6.07, 6.45) is -0.834. The van der Waals surface area contributed by atoms with Crippen LogP contribution in [0.4, 0.5) is 0 Å². The van der Waals surface area contributed by atoms with Crippen molar-refractivity contribution < 1.29 is 19.3 Å². The molecule has 3 N–H and O–H groups in total. The van der Waals surface area contributed by atoms with Gasteiger partial charge in [-0.1, -0.05) is 15.9 Å². The summed E-state index contributed by atoms with van der Waals surface area (Å²) in [7, 11) is 4.53. The van der Waals surface area contributed by atoms with Crippen molar-refractivity contribution >= 4 is 15.9 Å². The van der Waals surface area contributed by atoms with E-state index >= 15 is 0 Å². The van der Waals surface area contributed by atoms with E-state index in [1.165, 1.54) is 21.3 Å². The summed E-state index contributed by atoms with van der Waals surface area (Å²) in [4.78, 5) is 0. The lowest BCUT2D eigenvalue weighted by Crippen LogP contribution is -2.14. The second kappa shape index (κ2) is 6.09. The van der Waals surface area contributed by atoms with Gasteiger partial charge in [-0.25, -0.2) is 0 Å². The van der Waals surface area contributed by atoms with Crippen molar-refractivity contribution in [3.05, 3.63) is 16.1 Å². The van der Waals surface area contributed by atoms with Crippen LogP contribution in [0.1, 0.15) is 11.7 Å². The second-order valence-corrected chi connectivity index (χ2v) is 4.15. The first-order valence-corrected chi connectivity index (χ1v) is 5.76. The summed E-state index contributed by atoms with van der Waals surface area (Å²) in [6, 6.07) is 1.70. The van der Waals surface area contributed by atoms with E-state index in [4.69, 9.17) is 19.9 Å². The fraction of sp³-hybridized carbons (Fsp3) is 0.455. The molecule has 1 aromatic rings. The molecule has 0 saturated heterocycles. The van der Waals surface area contributed by atoms with Crippen LogP contribution >= 0.6 is 15.9 Å². The van der Waals surface area contributed by atoms with Gasteiger partial charge >= 0.3 is 0 Å². The fourth-order valence-corrected chi connectivity index (χ4v) is 2.23. The van der Waals surface area contributed by atoms with Crippen LogP contribution in [0.2, 0.25) is 0 Å². The van der Waals surface area contributed by atoms with E-state index in [0.717, 1.165) is 0 Å². The normalized spacial score (nSPS) is 12.1. The van der Waals surface area contributed by atoms with Crippen molar-refractivity contribution in [1.29, 1.82) is 0 Å². The zero-order valence-corrected chi connectivity index (χ0v) is 11.6. The number of nitrogens with two attached hydrogens (primary N) is 1. The van der Waals surface area contributed by atoms with Crippen LogP contribution < -0.4 is 19.9 Å². The van der Waals surface area contributed by atoms with Crippen LogP contribution in [0, 0.1) is 0 Å². The number of ether oxygens (including phenoxy) is 3. The second-order valence-electron chi connectivity index (χ2n) is 3.29. The number of methoxy groups -OCH3 is 3. The lowest BCUT2D eigenvalue weighted by atomic mass is 10.1. The Hall–Kier alpha value is -0.980. The monoisotopic (exact) mass is 305 g/mol. The summed E-state index contributed by atoms with van der Waals surface area (Å²) in [5.74, 6) is 1.36. The van der Waals surface area contributed by atoms with Gasteiger partial charge in [0.2, 0.25) is 5.75 Å². The van der Waals surface area contributed by atoms with Gasteiger partial charge in [-0.05, 0) is 6.07 Å². The highest BCUT2D eigenvalue weighted by molar-refractivity contribution is 9.10. The zero-order chi connectivity index (χ0) is 13.0. The van der Waals surface area contributed by atoms with Crippen LogP contribution in [0.15, 0.2) is 10.5 Å². The topological polar surface area (TPSA) is 73.9 Å². The van der Waals surface area contributed by atoms with Gasteiger partial charge in [-0.2, -0.15) is 0 Å². The van der Waals surface area contributed by atoms with E-state index in [0.29, 0.717) is 27.3 Å². The lowest BCUT2D eigenvalue weighted by molar-refractivity contribution is 0.179. The summed E-state index contributed by atoms with van der Waals surface area (Å²) >= 11 is 3.35. The van der Waals surface area contributed by atoms with Gasteiger partial charge in [0.15, 0.2) is 11.5 Å². The third-order valence-electron chi connectivity index (χ3n) is 2.37. The van der Waals surface area contributed by atoms with Crippen molar-refractivity contribution in [3.63, 3.8) is 0 Å². The first kappa shape index (κ1) is 14.1. The first-order valence-electron chi connectivity index (χ1n) is 4.97. The van der Waals surface area contributed by atoms with Gasteiger partial charge in [0.05, 0.1) is 27.4 Å². The SMILES string of the molecule is COc1cc(Br)c(C(O)CN)c(OC)c1OC. The minimum atomic E-state index is -0.834. The molecule has 6 heteroatoms. The van der Waals surface area contributed by atoms with Crippen molar-refractivity contribution in [2.24, 2.45) is 5.73 Å². The number of benzene rings is 1. The predicted octanol–water partition coefficient (Wildman–Crippen LogP) is 1.47. The quantitative estimate of drug-likeness (QED) is 0.861. The number of hydrogen-bond donors (Lipinski definition) is 2. The summed E-state index contributed by atoms with van der Waals surface area (Å²) < 4.78 is 16.3. The van der Waals surface area contributed by atoms with Gasteiger partial charge in [-0.3, -0.25) is 0 Å². The third kappa shape index (κ3) is 2.65. The number of halogens is 1. The summed E-state index contributed by atoms with van der Waals surface area (Å²) in [5.41, 5.74) is 6.01. The third-order valence-corrected chi connectivity index (χ3v) is 3.03. The van der Waals surface area contributed by atoms with E-state index in [1.54, 1.807) is 6.07 Å². The molecule has 0 bridgehead atoms. The molecular weight excluding hydrogens is 290 g/mol. The highest BCUT2D eigenvalue weighted by Crippen LogP contribution is 2.46. The van der Waals surface area contributed by atoms with Crippen LogP contribution in [0.3, 0.4) is 0 Å². The molecule has 17 heavy (non-hydrogen) atoms. The maximum absolute atomic E-state index is 9.87. The van der Waals surface area contributed by atoms with Crippen molar-refractivity contribution in [1.82, 2.24) is 0 Å². The van der Waals surface area contributed by atoms with E-state index in [1.807, 2.05) is 0 Å². The van der Waals surface area contributed by atoms with Gasteiger partial charge in [-0.15, -0.1) is 0 Å². The Balaban J connectivity index is 3.48. The van der Waals surface area contributed by atoms with E-state index in [2.05, 4.69) is 15.9 Å². The average Bonchev–Trinajstić information content (AvgIpc) is 2.36. The van der Waals surface area contributed by atoms with Crippen LogP contribution in [-0.2, 0) is 0 Å². The Bertz CT molecular complexity index is 398. The van der Waals surface area contributed by atoms with E-state index in [9.17, 15) is 5.11 Å². The van der Waals surface area contributed by atoms with Gasteiger partial charge in [0.1, 0.15) is 0 Å². The molecule has 0 amide bonds. The molecule has 96 valence electrons. The van der Waals surface area contributed by atoms with Gasteiger partial charge in [0.25, 0.3) is 0 Å². The Morgan fingerprint density at radius 3 is 2.24 bits per heavy atom. The minimum absolute atomic E-state index is 0.0877. The molecule has 0 aliphatic heterocycles. The molecule has 0 aliphatic carbocycles. The van der Waals surface area contributed by atoms with Crippen LogP contribution in [0.5, 0.6) is 17.2 Å². The highest BCUT2D eigenvalue weighted by atomic mass is 79.9. The smallest absolute Gasteiger partial charge is 0.203 e. The Morgan fingerprint density at radius 2 is 1.82 bits per heavy atom. The van der Waals surface area contributed by atoms with Gasteiger partial charge < -0.3 is 25.1 Å². The maximum Gasteiger partial charge on any atom is 0.203 e. The molecule has 0 saturated carbocycles. The molecular formula is C11H16BrNO4. The van der Waals surface area contributed by atoms with E-state index < -0.39 is 6.10 Å². The maximum atomic E-state index is 9.87. The van der Waals surface area contributed by atoms with Gasteiger partial charge in [0, 0.05) is 16.6 Å². The van der Waals surface area contributed by atoms with Crippen LogP contribution in [-0.4, -0.2) is 33.0 Å². The lowest BCUT2D eigenvalue weighted by Gasteiger charge is -2.19. The molecule has 0 spiro atoms. The summed E-state index contributed by atoms with van der Waals surface area (Å²) in [5, 5.41) is 9.87. The van der Waals surface area contributed by atoms with E-state index in [-0.39, 0.29) is 6.54 Å². The molecule has 1 aromatic carbocycles. The molecule has 1 atom stereocenters. The number of aliphatic hydroxyl groups is 1. The molecule has 0 aromatic heterocycles. The molecule has 5 nitrogen and oxygen atoms in total. The summed E-state index contributed by atoms with van der Waals surface area (Å²) in [6.45, 7) is 0.0877. The Morgan fingerprint density at radius 1 is 1.24 bits per heavy atom. The van der Waals surface area contributed by atoms with Crippen molar-refractivity contribution in [3.8, 4) is 17.2 Å². The Kier molecular flexibility index (Phi) is 5.04. The minimum Gasteiger partial charge on any atom is -0.493 e. The largest absolute Gasteiger partial charge is 0.493 e. The molecule has 0 heterocycles. The number of hydrogen-bond acceptors (Lipinski definition) is 5. The number of aliphatic hydroxyl groups excluding tert-OH is 1. The highest BCUT2D eigenvalue weighted by Gasteiger charge is 2.23. The fourth-order valence-electron chi connectivity index (χ4n) is 1.58. The molecule has 0 radical (unpaired) electrons. The molecule has 0 fully saturated rings. The first-order chi connectivity index (χ1) is 8.10. The molecule has 1 rings (SSSR count). The molecule has 1 unspecified atom stereocenters. The predicted molar refractivity (Wildman–Crippen MR) is 67.8 cm³/mol. The standard InChI is InChI=1S/C11H16BrNO4/c1-15-8-4-6(12)9(7(14)5-13)11(17-3)10(8)16-2/h4,7,14H,5,13H2,1-3H3. The zero-order valence-electron chi connectivity index (χ0n) is 9.99. The van der Waals surface area contributed by atoms with Crippen molar-refractivity contribution in [2.75, 3.05) is 27.9 Å². The van der Waals surface area contributed by atoms with Crippen LogP contribution in [0.25, 0.3) is 0 Å². The average molecular weight is 306 g/mol. The molecule has 0 aliphatic rings. The Labute approximate surface area is 109 Å².